The van der Waals surface area contributed by atoms with Crippen molar-refractivity contribution < 1.29 is 9.50 Å². The lowest BCUT2D eigenvalue weighted by atomic mass is 9.43. The van der Waals surface area contributed by atoms with Crippen molar-refractivity contribution in [2.75, 3.05) is 0 Å². The summed E-state index contributed by atoms with van der Waals surface area (Å²) in [6.45, 7) is 7.11. The molecule has 4 saturated carbocycles. The maximum atomic E-state index is 14.2. The van der Waals surface area contributed by atoms with Crippen LogP contribution in [0.1, 0.15) is 84.1 Å². The minimum Gasteiger partial charge on any atom is -0.393 e. The van der Waals surface area contributed by atoms with E-state index in [4.69, 9.17) is 0 Å². The topological polar surface area (TPSA) is 20.2 Å². The Morgan fingerprint density at radius 1 is 0.967 bits per heavy atom. The summed E-state index contributed by atoms with van der Waals surface area (Å²) in [5.74, 6) is 2.86. The molecule has 0 bridgehead atoms. The molecular formula is C28H41FO. The van der Waals surface area contributed by atoms with Gasteiger partial charge in [-0.05, 0) is 111 Å². The van der Waals surface area contributed by atoms with Gasteiger partial charge in [0.15, 0.2) is 0 Å². The first-order valence-electron chi connectivity index (χ1n) is 12.7. The van der Waals surface area contributed by atoms with Crippen LogP contribution in [-0.2, 0) is 6.42 Å². The Morgan fingerprint density at radius 2 is 1.70 bits per heavy atom. The van der Waals surface area contributed by atoms with Gasteiger partial charge in [0.2, 0.25) is 0 Å². The van der Waals surface area contributed by atoms with E-state index < -0.39 is 6.17 Å². The average Bonchev–Trinajstić information content (AvgIpc) is 3.03. The highest BCUT2D eigenvalue weighted by Gasteiger charge is 2.65. The normalized spacial score (nSPS) is 49.0. The van der Waals surface area contributed by atoms with Crippen LogP contribution in [0.3, 0.4) is 0 Å². The zero-order valence-corrected chi connectivity index (χ0v) is 19.2. The van der Waals surface area contributed by atoms with Gasteiger partial charge in [-0.1, -0.05) is 44.2 Å². The molecule has 0 spiro atoms. The number of hydrogen-bond acceptors (Lipinski definition) is 1. The second-order valence-electron chi connectivity index (χ2n) is 12.0. The molecule has 0 aliphatic heterocycles. The van der Waals surface area contributed by atoms with E-state index in [9.17, 15) is 9.50 Å². The van der Waals surface area contributed by atoms with Crippen LogP contribution in [0.25, 0.3) is 0 Å². The minimum atomic E-state index is -0.561. The standard InChI is InChI=1S/C28H41FO/c1-19(30)28(18-20-7-5-4-6-8-20)16-13-25-23-10-9-21-17-22(29)11-14-26(21,2)24(23)12-15-27(25,28)3/h4-8,19,21-25,30H,9-18H2,1-3H3/t19?,21-,22?,23?,24?,25?,26?,27?,28?/m0/s1. The highest BCUT2D eigenvalue weighted by molar-refractivity contribution is 5.22. The number of rotatable bonds is 3. The van der Waals surface area contributed by atoms with Gasteiger partial charge in [-0.25, -0.2) is 4.39 Å². The number of fused-ring (bicyclic) bond motifs is 5. The molecule has 8 unspecified atom stereocenters. The number of aliphatic hydroxyl groups excluding tert-OH is 1. The Morgan fingerprint density at radius 3 is 2.43 bits per heavy atom. The number of halogens is 1. The molecule has 0 radical (unpaired) electrons. The molecule has 1 aromatic rings. The van der Waals surface area contributed by atoms with Gasteiger partial charge in [0, 0.05) is 5.41 Å². The summed E-state index contributed by atoms with van der Waals surface area (Å²) >= 11 is 0. The molecule has 0 heterocycles. The molecule has 4 aliphatic carbocycles. The first kappa shape index (κ1) is 21.0. The zero-order valence-electron chi connectivity index (χ0n) is 19.2. The fourth-order valence-electron chi connectivity index (χ4n) is 9.46. The van der Waals surface area contributed by atoms with E-state index in [0.717, 1.165) is 49.9 Å². The van der Waals surface area contributed by atoms with Crippen molar-refractivity contribution in [3.63, 3.8) is 0 Å². The Hall–Kier alpha value is -0.890. The Kier molecular flexibility index (Phi) is 5.12. The van der Waals surface area contributed by atoms with E-state index >= 15 is 0 Å². The van der Waals surface area contributed by atoms with Crippen LogP contribution in [0.4, 0.5) is 4.39 Å². The van der Waals surface area contributed by atoms with Crippen LogP contribution in [0.15, 0.2) is 30.3 Å². The molecule has 0 saturated heterocycles. The smallest absolute Gasteiger partial charge is 0.100 e. The van der Waals surface area contributed by atoms with E-state index in [0.29, 0.717) is 11.3 Å². The maximum Gasteiger partial charge on any atom is 0.100 e. The first-order chi connectivity index (χ1) is 14.3. The van der Waals surface area contributed by atoms with Gasteiger partial charge in [-0.2, -0.15) is 0 Å². The maximum absolute atomic E-state index is 14.2. The molecule has 4 fully saturated rings. The van der Waals surface area contributed by atoms with Crippen molar-refractivity contribution in [2.45, 2.75) is 97.3 Å². The first-order valence-corrected chi connectivity index (χ1v) is 12.7. The molecule has 0 amide bonds. The fourth-order valence-corrected chi connectivity index (χ4v) is 9.46. The van der Waals surface area contributed by atoms with Crippen LogP contribution < -0.4 is 0 Å². The van der Waals surface area contributed by atoms with Crippen LogP contribution >= 0.6 is 0 Å². The lowest BCUT2D eigenvalue weighted by Gasteiger charge is -2.62. The quantitative estimate of drug-likeness (QED) is 0.568. The predicted octanol–water partition coefficient (Wildman–Crippen LogP) is 6.98. The number of hydrogen-bond donors (Lipinski definition) is 1. The summed E-state index contributed by atoms with van der Waals surface area (Å²) in [7, 11) is 0. The van der Waals surface area contributed by atoms with Gasteiger partial charge in [-0.3, -0.25) is 0 Å². The molecule has 9 atom stereocenters. The molecule has 4 aliphatic rings. The molecule has 0 aromatic heterocycles. The van der Waals surface area contributed by atoms with E-state index in [-0.39, 0.29) is 16.9 Å². The van der Waals surface area contributed by atoms with E-state index in [2.05, 4.69) is 51.1 Å². The largest absolute Gasteiger partial charge is 0.393 e. The summed E-state index contributed by atoms with van der Waals surface area (Å²) in [4.78, 5) is 0. The SMILES string of the molecule is CC(O)C1(Cc2ccccc2)CCC2C3CC[C@H]4CC(F)CCC4(C)C3CCC21C. The molecule has 166 valence electrons. The molecule has 1 aromatic carbocycles. The van der Waals surface area contributed by atoms with Gasteiger partial charge in [0.25, 0.3) is 0 Å². The van der Waals surface area contributed by atoms with Crippen molar-refractivity contribution >= 4 is 0 Å². The summed E-state index contributed by atoms with van der Waals surface area (Å²) in [6.07, 6.45) is 10.3. The molecular weight excluding hydrogens is 371 g/mol. The summed E-state index contributed by atoms with van der Waals surface area (Å²) in [5, 5.41) is 11.2. The van der Waals surface area contributed by atoms with Crippen molar-refractivity contribution in [2.24, 2.45) is 39.9 Å². The molecule has 2 heteroatoms. The van der Waals surface area contributed by atoms with Crippen LogP contribution in [0, 0.1) is 39.9 Å². The third kappa shape index (κ3) is 2.88. The molecule has 5 rings (SSSR count). The lowest BCUT2D eigenvalue weighted by molar-refractivity contribution is -0.149. The van der Waals surface area contributed by atoms with Crippen LogP contribution in [-0.4, -0.2) is 17.4 Å². The van der Waals surface area contributed by atoms with Crippen molar-refractivity contribution in [1.82, 2.24) is 0 Å². The van der Waals surface area contributed by atoms with Crippen molar-refractivity contribution in [3.8, 4) is 0 Å². The molecule has 30 heavy (non-hydrogen) atoms. The average molecular weight is 413 g/mol. The second-order valence-corrected chi connectivity index (χ2v) is 12.0. The van der Waals surface area contributed by atoms with E-state index in [1.54, 1.807) is 0 Å². The minimum absolute atomic E-state index is 0.0155. The Balaban J connectivity index is 1.46. The second kappa shape index (κ2) is 7.32. The summed E-state index contributed by atoms with van der Waals surface area (Å²) in [6, 6.07) is 10.9. The zero-order chi connectivity index (χ0) is 21.1. The van der Waals surface area contributed by atoms with Gasteiger partial charge >= 0.3 is 0 Å². The lowest BCUT2D eigenvalue weighted by Crippen LogP contribution is -2.57. The summed E-state index contributed by atoms with van der Waals surface area (Å²) in [5.41, 5.74) is 1.92. The van der Waals surface area contributed by atoms with E-state index in [1.165, 1.54) is 37.7 Å². The van der Waals surface area contributed by atoms with Crippen LogP contribution in [0.2, 0.25) is 0 Å². The number of alkyl halides is 1. The van der Waals surface area contributed by atoms with Gasteiger partial charge in [-0.15, -0.1) is 0 Å². The van der Waals surface area contributed by atoms with Crippen LogP contribution in [0.5, 0.6) is 0 Å². The predicted molar refractivity (Wildman–Crippen MR) is 121 cm³/mol. The summed E-state index contributed by atoms with van der Waals surface area (Å²) < 4.78 is 14.2. The highest BCUT2D eigenvalue weighted by atomic mass is 19.1. The van der Waals surface area contributed by atoms with Crippen molar-refractivity contribution in [1.29, 1.82) is 0 Å². The number of aliphatic hydroxyl groups is 1. The Labute approximate surface area is 182 Å². The Bertz CT molecular complexity index is 761. The van der Waals surface area contributed by atoms with Gasteiger partial charge in [0.05, 0.1) is 6.10 Å². The molecule has 1 N–H and O–H groups in total. The van der Waals surface area contributed by atoms with E-state index in [1.807, 2.05) is 0 Å². The van der Waals surface area contributed by atoms with Crippen molar-refractivity contribution in [3.05, 3.63) is 35.9 Å². The van der Waals surface area contributed by atoms with Gasteiger partial charge < -0.3 is 5.11 Å². The number of benzene rings is 1. The molecule has 1 nitrogen and oxygen atoms in total. The monoisotopic (exact) mass is 412 g/mol. The van der Waals surface area contributed by atoms with Gasteiger partial charge in [0.1, 0.15) is 6.17 Å². The fraction of sp³-hybridized carbons (Fsp3) is 0.786. The highest BCUT2D eigenvalue weighted by Crippen LogP contribution is 2.71. The third-order valence-corrected chi connectivity index (χ3v) is 11.2. The third-order valence-electron chi connectivity index (χ3n) is 11.2.